The van der Waals surface area contributed by atoms with Crippen molar-refractivity contribution in [3.8, 4) is 5.75 Å². The summed E-state index contributed by atoms with van der Waals surface area (Å²) >= 11 is 6.13. The van der Waals surface area contributed by atoms with E-state index in [0.717, 1.165) is 6.07 Å². The molecular weight excluding hydrogens is 364 g/mol. The molecule has 0 fully saturated rings. The average Bonchev–Trinajstić information content (AvgIpc) is 2.63. The van der Waals surface area contributed by atoms with E-state index in [1.165, 1.54) is 37.4 Å². The zero-order chi connectivity index (χ0) is 19.3. The van der Waals surface area contributed by atoms with Crippen molar-refractivity contribution in [2.75, 3.05) is 19.0 Å². The number of ether oxygens (including phenoxy) is 2. The summed E-state index contributed by atoms with van der Waals surface area (Å²) in [5.41, 5.74) is 0.184. The first-order valence-corrected chi connectivity index (χ1v) is 7.85. The molecule has 0 aromatic heterocycles. The minimum Gasteiger partial charge on any atom is -0.496 e. The molecule has 26 heavy (non-hydrogen) atoms. The van der Waals surface area contributed by atoms with E-state index in [9.17, 15) is 19.7 Å². The molecule has 0 aliphatic carbocycles. The number of anilines is 1. The molecule has 2 aromatic rings. The maximum absolute atomic E-state index is 12.3. The minimum atomic E-state index is -0.609. The first-order chi connectivity index (χ1) is 12.4. The van der Waals surface area contributed by atoms with Crippen molar-refractivity contribution >= 4 is 34.9 Å². The van der Waals surface area contributed by atoms with Gasteiger partial charge in [-0.3, -0.25) is 14.9 Å². The Labute approximate surface area is 153 Å². The molecule has 0 heterocycles. The lowest BCUT2D eigenvalue weighted by Crippen LogP contribution is -2.13. The van der Waals surface area contributed by atoms with Crippen molar-refractivity contribution in [3.05, 3.63) is 62.7 Å². The number of methoxy groups -OCH3 is 1. The van der Waals surface area contributed by atoms with Gasteiger partial charge >= 0.3 is 5.97 Å². The number of nitro groups is 1. The number of amides is 1. The number of nitrogens with zero attached hydrogens (tertiary/aromatic N) is 1. The Hall–Kier alpha value is -3.13. The molecule has 0 radical (unpaired) electrons. The lowest BCUT2D eigenvalue weighted by atomic mass is 10.1. The fourth-order valence-electron chi connectivity index (χ4n) is 2.14. The van der Waals surface area contributed by atoms with Gasteiger partial charge in [-0.25, -0.2) is 4.79 Å². The molecule has 0 saturated carbocycles. The summed E-state index contributed by atoms with van der Waals surface area (Å²) in [4.78, 5) is 34.5. The SMILES string of the molecule is CCOC(=O)c1cc(Cl)c(NC(=O)c2cccc([N+](=O)[O-])c2)cc1OC. The molecule has 0 bridgehead atoms. The van der Waals surface area contributed by atoms with Gasteiger partial charge in [0.15, 0.2) is 0 Å². The molecule has 2 aromatic carbocycles. The van der Waals surface area contributed by atoms with Crippen molar-refractivity contribution in [3.63, 3.8) is 0 Å². The lowest BCUT2D eigenvalue weighted by Gasteiger charge is -2.13. The summed E-state index contributed by atoms with van der Waals surface area (Å²) in [7, 11) is 1.36. The van der Waals surface area contributed by atoms with E-state index in [1.54, 1.807) is 6.92 Å². The van der Waals surface area contributed by atoms with Crippen molar-refractivity contribution in [2.24, 2.45) is 0 Å². The third-order valence-electron chi connectivity index (χ3n) is 3.35. The summed E-state index contributed by atoms with van der Waals surface area (Å²) in [6.07, 6.45) is 0. The van der Waals surface area contributed by atoms with Gasteiger partial charge in [-0.2, -0.15) is 0 Å². The molecule has 0 unspecified atom stereocenters. The fourth-order valence-corrected chi connectivity index (χ4v) is 2.35. The monoisotopic (exact) mass is 378 g/mol. The zero-order valence-electron chi connectivity index (χ0n) is 13.9. The van der Waals surface area contributed by atoms with Crippen LogP contribution in [0, 0.1) is 10.1 Å². The van der Waals surface area contributed by atoms with Gasteiger partial charge in [-0.1, -0.05) is 17.7 Å². The summed E-state index contributed by atoms with van der Waals surface area (Å²) in [6, 6.07) is 7.96. The first-order valence-electron chi connectivity index (χ1n) is 7.47. The molecule has 8 nitrogen and oxygen atoms in total. The van der Waals surface area contributed by atoms with E-state index in [-0.39, 0.29) is 39.9 Å². The smallest absolute Gasteiger partial charge is 0.341 e. The highest BCUT2D eigenvalue weighted by Crippen LogP contribution is 2.32. The molecule has 0 saturated heterocycles. The molecule has 0 atom stereocenters. The van der Waals surface area contributed by atoms with E-state index in [4.69, 9.17) is 21.1 Å². The zero-order valence-corrected chi connectivity index (χ0v) is 14.7. The van der Waals surface area contributed by atoms with Gasteiger partial charge in [0, 0.05) is 23.8 Å². The summed E-state index contributed by atoms with van der Waals surface area (Å²) in [6.45, 7) is 1.85. The fraction of sp³-hybridized carbons (Fsp3) is 0.176. The van der Waals surface area contributed by atoms with Crippen LogP contribution >= 0.6 is 11.6 Å². The number of halogens is 1. The number of hydrogen-bond donors (Lipinski definition) is 1. The largest absolute Gasteiger partial charge is 0.496 e. The van der Waals surface area contributed by atoms with E-state index in [2.05, 4.69) is 5.32 Å². The van der Waals surface area contributed by atoms with E-state index < -0.39 is 16.8 Å². The Morgan fingerprint density at radius 1 is 1.27 bits per heavy atom. The summed E-state index contributed by atoms with van der Waals surface area (Å²) in [5.74, 6) is -1.04. The summed E-state index contributed by atoms with van der Waals surface area (Å²) in [5, 5.41) is 13.4. The molecule has 1 N–H and O–H groups in total. The highest BCUT2D eigenvalue weighted by atomic mass is 35.5. The minimum absolute atomic E-state index is 0.0868. The predicted octanol–water partition coefficient (Wildman–Crippen LogP) is 3.69. The second kappa shape index (κ2) is 8.30. The van der Waals surface area contributed by atoms with Crippen LogP contribution in [0.1, 0.15) is 27.6 Å². The topological polar surface area (TPSA) is 108 Å². The quantitative estimate of drug-likeness (QED) is 0.466. The van der Waals surface area contributed by atoms with Crippen LogP contribution in [0.15, 0.2) is 36.4 Å². The van der Waals surface area contributed by atoms with Gasteiger partial charge in [0.05, 0.1) is 29.4 Å². The number of nitrogens with one attached hydrogen (secondary N) is 1. The second-order valence-electron chi connectivity index (χ2n) is 5.01. The van der Waals surface area contributed by atoms with Gasteiger partial charge in [-0.05, 0) is 19.1 Å². The van der Waals surface area contributed by atoms with Gasteiger partial charge in [0.2, 0.25) is 0 Å². The van der Waals surface area contributed by atoms with Crippen LogP contribution in [0.25, 0.3) is 0 Å². The Bertz CT molecular complexity index is 868. The van der Waals surface area contributed by atoms with Crippen LogP contribution in [0.2, 0.25) is 5.02 Å². The number of carbonyl (C=O) groups excluding carboxylic acids is 2. The van der Waals surface area contributed by atoms with Crippen LogP contribution in [-0.4, -0.2) is 30.5 Å². The number of esters is 1. The number of nitro benzene ring substituents is 1. The van der Waals surface area contributed by atoms with Crippen LogP contribution in [0.4, 0.5) is 11.4 Å². The van der Waals surface area contributed by atoms with Crippen molar-refractivity contribution in [1.82, 2.24) is 0 Å². The molecule has 1 amide bonds. The van der Waals surface area contributed by atoms with E-state index >= 15 is 0 Å². The van der Waals surface area contributed by atoms with Crippen LogP contribution < -0.4 is 10.1 Å². The number of carbonyl (C=O) groups is 2. The number of non-ortho nitro benzene ring substituents is 1. The molecule has 0 spiro atoms. The molecule has 0 aliphatic heterocycles. The molecule has 9 heteroatoms. The first kappa shape index (κ1) is 19.2. The Kier molecular flexibility index (Phi) is 6.13. The Balaban J connectivity index is 2.32. The molecule has 136 valence electrons. The standard InChI is InChI=1S/C17H15ClN2O6/c1-3-26-17(22)12-8-13(18)14(9-15(12)25-2)19-16(21)10-5-4-6-11(7-10)20(23)24/h4-9H,3H2,1-2H3,(H,19,21). The van der Waals surface area contributed by atoms with Gasteiger partial charge < -0.3 is 14.8 Å². The Morgan fingerprint density at radius 2 is 2.00 bits per heavy atom. The van der Waals surface area contributed by atoms with E-state index in [1.807, 2.05) is 0 Å². The normalized spacial score (nSPS) is 10.1. The Morgan fingerprint density at radius 3 is 2.62 bits per heavy atom. The average molecular weight is 379 g/mol. The third-order valence-corrected chi connectivity index (χ3v) is 3.66. The third kappa shape index (κ3) is 4.28. The van der Waals surface area contributed by atoms with Gasteiger partial charge in [0.1, 0.15) is 11.3 Å². The number of hydrogen-bond acceptors (Lipinski definition) is 6. The van der Waals surface area contributed by atoms with Gasteiger partial charge in [0.25, 0.3) is 11.6 Å². The van der Waals surface area contributed by atoms with E-state index in [0.29, 0.717) is 0 Å². The number of benzene rings is 2. The van der Waals surface area contributed by atoms with Crippen molar-refractivity contribution < 1.29 is 24.0 Å². The maximum Gasteiger partial charge on any atom is 0.341 e. The molecule has 0 aliphatic rings. The van der Waals surface area contributed by atoms with Crippen LogP contribution in [0.5, 0.6) is 5.75 Å². The molecule has 2 rings (SSSR count). The van der Waals surface area contributed by atoms with Crippen LogP contribution in [0.3, 0.4) is 0 Å². The predicted molar refractivity (Wildman–Crippen MR) is 95.0 cm³/mol. The van der Waals surface area contributed by atoms with Crippen LogP contribution in [-0.2, 0) is 4.74 Å². The van der Waals surface area contributed by atoms with Gasteiger partial charge in [-0.15, -0.1) is 0 Å². The lowest BCUT2D eigenvalue weighted by molar-refractivity contribution is -0.384. The van der Waals surface area contributed by atoms with Crippen molar-refractivity contribution in [1.29, 1.82) is 0 Å². The number of rotatable bonds is 6. The van der Waals surface area contributed by atoms with Crippen molar-refractivity contribution in [2.45, 2.75) is 6.92 Å². The highest BCUT2D eigenvalue weighted by Gasteiger charge is 2.19. The molecular formula is C17H15ClN2O6. The second-order valence-corrected chi connectivity index (χ2v) is 5.42. The highest BCUT2D eigenvalue weighted by molar-refractivity contribution is 6.34. The maximum atomic E-state index is 12.3. The summed E-state index contributed by atoms with van der Waals surface area (Å²) < 4.78 is 10.1.